The van der Waals surface area contributed by atoms with Crippen LogP contribution in [-0.2, 0) is 0 Å². The van der Waals surface area contributed by atoms with Gasteiger partial charge in [0.2, 0.25) is 0 Å². The molecular weight excluding hydrogens is 390 g/mol. The predicted molar refractivity (Wildman–Crippen MR) is 116 cm³/mol. The van der Waals surface area contributed by atoms with E-state index in [1.165, 1.54) is 0 Å². The highest BCUT2D eigenvalue weighted by atomic mass is 16.5. The van der Waals surface area contributed by atoms with E-state index in [-0.39, 0.29) is 17.2 Å². The lowest BCUT2D eigenvalue weighted by Gasteiger charge is -2.45. The maximum atomic E-state index is 10.2. The normalized spacial score (nSPS) is 22.4. The highest BCUT2D eigenvalue weighted by Gasteiger charge is 2.54. The lowest BCUT2D eigenvalue weighted by atomic mass is 9.58. The summed E-state index contributed by atoms with van der Waals surface area (Å²) in [6.07, 6.45) is 2.84. The number of hydrogen-bond donors (Lipinski definition) is 1. The largest absolute Gasteiger partial charge is 0.490 e. The number of rotatable bonds is 6. The van der Waals surface area contributed by atoms with E-state index in [0.29, 0.717) is 37.8 Å². The maximum Gasteiger partial charge on any atom is 0.191 e. The van der Waals surface area contributed by atoms with Crippen LogP contribution >= 0.6 is 0 Å². The van der Waals surface area contributed by atoms with Gasteiger partial charge in [-0.3, -0.25) is 0 Å². The van der Waals surface area contributed by atoms with Crippen LogP contribution in [0.15, 0.2) is 41.1 Å². The smallest absolute Gasteiger partial charge is 0.191 e. The second kappa shape index (κ2) is 9.13. The highest BCUT2D eigenvalue weighted by molar-refractivity contribution is 5.60. The van der Waals surface area contributed by atoms with Crippen molar-refractivity contribution in [3.8, 4) is 29.7 Å². The van der Waals surface area contributed by atoms with Gasteiger partial charge in [0, 0.05) is 24.9 Å². The Morgan fingerprint density at radius 1 is 1.16 bits per heavy atom. The Hall–Kier alpha value is -3.47. The maximum absolute atomic E-state index is 10.2. The number of nitrogens with two attached hydrogens (primary N) is 1. The first-order valence-electron chi connectivity index (χ1n) is 10.5. The Bertz CT molecular complexity index is 1020. The monoisotopic (exact) mass is 417 g/mol. The van der Waals surface area contributed by atoms with E-state index in [4.69, 9.17) is 15.2 Å². The summed E-state index contributed by atoms with van der Waals surface area (Å²) in [6.45, 7) is 6.22. The van der Waals surface area contributed by atoms with Crippen molar-refractivity contribution in [1.82, 2.24) is 4.90 Å². The van der Waals surface area contributed by atoms with Crippen LogP contribution in [0, 0.1) is 45.3 Å². The lowest BCUT2D eigenvalue weighted by Crippen LogP contribution is -2.47. The minimum Gasteiger partial charge on any atom is -0.490 e. The van der Waals surface area contributed by atoms with Gasteiger partial charge >= 0.3 is 0 Å². The van der Waals surface area contributed by atoms with E-state index in [1.54, 1.807) is 0 Å². The molecule has 0 spiro atoms. The molecule has 0 saturated carbocycles. The van der Waals surface area contributed by atoms with E-state index in [1.807, 2.05) is 45.2 Å². The fourth-order valence-electron chi connectivity index (χ4n) is 4.52. The van der Waals surface area contributed by atoms with Gasteiger partial charge in [-0.15, -0.1) is 0 Å². The molecule has 1 aromatic carbocycles. The molecule has 0 aromatic heterocycles. The summed E-state index contributed by atoms with van der Waals surface area (Å²) < 4.78 is 11.6. The van der Waals surface area contributed by atoms with Crippen LogP contribution in [0.25, 0.3) is 0 Å². The van der Waals surface area contributed by atoms with Crippen molar-refractivity contribution in [3.63, 3.8) is 0 Å². The Morgan fingerprint density at radius 2 is 1.90 bits per heavy atom. The molecule has 7 nitrogen and oxygen atoms in total. The van der Waals surface area contributed by atoms with Gasteiger partial charge < -0.3 is 20.1 Å². The Morgan fingerprint density at radius 3 is 2.52 bits per heavy atom. The number of benzene rings is 1. The molecule has 2 aliphatic rings. The summed E-state index contributed by atoms with van der Waals surface area (Å²) in [5, 5.41) is 30.1. The average Bonchev–Trinajstić information content (AvgIpc) is 2.78. The molecule has 2 atom stereocenters. The van der Waals surface area contributed by atoms with E-state index in [2.05, 4.69) is 23.1 Å². The van der Waals surface area contributed by atoms with Crippen LogP contribution in [0.4, 0.5) is 0 Å². The van der Waals surface area contributed by atoms with Crippen LogP contribution in [-0.4, -0.2) is 38.3 Å². The Balaban J connectivity index is 2.23. The summed E-state index contributed by atoms with van der Waals surface area (Å²) in [6, 6.07) is 12.0. The van der Waals surface area contributed by atoms with Crippen molar-refractivity contribution in [1.29, 1.82) is 15.8 Å². The van der Waals surface area contributed by atoms with Gasteiger partial charge in [-0.05, 0) is 43.7 Å². The van der Waals surface area contributed by atoms with Gasteiger partial charge in [0.05, 0.1) is 36.6 Å². The molecule has 0 amide bonds. The zero-order valence-corrected chi connectivity index (χ0v) is 18.2. The lowest BCUT2D eigenvalue weighted by molar-refractivity contribution is 0.236. The third-order valence-corrected chi connectivity index (χ3v) is 5.94. The topological polar surface area (TPSA) is 119 Å². The molecule has 1 heterocycles. The third kappa shape index (κ3) is 3.72. The van der Waals surface area contributed by atoms with Crippen LogP contribution in [0.5, 0.6) is 11.5 Å². The molecule has 1 aliphatic heterocycles. The molecular formula is C24H27N5O2. The molecule has 0 saturated heterocycles. The number of hydrogen-bond acceptors (Lipinski definition) is 7. The molecule has 0 radical (unpaired) electrons. The second-order valence-electron chi connectivity index (χ2n) is 7.88. The van der Waals surface area contributed by atoms with Crippen molar-refractivity contribution in [3.05, 3.63) is 46.7 Å². The van der Waals surface area contributed by atoms with Crippen molar-refractivity contribution in [2.45, 2.75) is 26.2 Å². The summed E-state index contributed by atoms with van der Waals surface area (Å²) in [5.74, 6) is 0.423. The minimum absolute atomic E-state index is 0.0290. The van der Waals surface area contributed by atoms with Crippen molar-refractivity contribution in [2.24, 2.45) is 17.1 Å². The predicted octanol–water partition coefficient (Wildman–Crippen LogP) is 3.23. The van der Waals surface area contributed by atoms with Crippen LogP contribution in [0.3, 0.4) is 0 Å². The summed E-state index contributed by atoms with van der Waals surface area (Å²) in [7, 11) is 1.98. The van der Waals surface area contributed by atoms with Gasteiger partial charge in [-0.1, -0.05) is 19.1 Å². The van der Waals surface area contributed by atoms with Crippen LogP contribution < -0.4 is 15.2 Å². The number of fused-ring (bicyclic) bond motifs is 1. The molecule has 0 unspecified atom stereocenters. The minimum atomic E-state index is -1.65. The third-order valence-electron chi connectivity index (χ3n) is 5.94. The first-order valence-corrected chi connectivity index (χ1v) is 10.5. The number of nitriles is 3. The van der Waals surface area contributed by atoms with Gasteiger partial charge in [0.1, 0.15) is 6.07 Å². The zero-order chi connectivity index (χ0) is 22.6. The molecule has 1 aromatic rings. The first kappa shape index (κ1) is 22.2. The van der Waals surface area contributed by atoms with E-state index >= 15 is 0 Å². The van der Waals surface area contributed by atoms with Crippen molar-refractivity contribution >= 4 is 0 Å². The first-order chi connectivity index (χ1) is 15.0. The van der Waals surface area contributed by atoms with E-state index in [0.717, 1.165) is 17.6 Å². The number of likely N-dealkylation sites (N-methyl/N-ethyl adjacent to an activating group) is 1. The van der Waals surface area contributed by atoms with Crippen LogP contribution in [0.2, 0.25) is 0 Å². The zero-order valence-electron chi connectivity index (χ0n) is 18.2. The molecule has 0 bridgehead atoms. The van der Waals surface area contributed by atoms with E-state index < -0.39 is 11.3 Å². The van der Waals surface area contributed by atoms with Gasteiger partial charge in [-0.2, -0.15) is 15.8 Å². The molecule has 2 N–H and O–H groups in total. The summed E-state index contributed by atoms with van der Waals surface area (Å²) in [5.41, 5.74) is 6.56. The summed E-state index contributed by atoms with van der Waals surface area (Å²) >= 11 is 0. The molecule has 1 aliphatic carbocycles. The average molecular weight is 418 g/mol. The fourth-order valence-corrected chi connectivity index (χ4v) is 4.52. The molecule has 3 rings (SSSR count). The molecule has 0 fully saturated rings. The van der Waals surface area contributed by atoms with Crippen LogP contribution in [0.1, 0.15) is 31.7 Å². The second-order valence-corrected chi connectivity index (χ2v) is 7.88. The van der Waals surface area contributed by atoms with Gasteiger partial charge in [0.25, 0.3) is 0 Å². The SMILES string of the molecule is CCCOc1ccc([C@H]2[C@H]3CN(C)CC=C3C(C#N)=C(N)C2(C#N)C#N)cc1OCC. The molecule has 31 heavy (non-hydrogen) atoms. The quantitative estimate of drug-likeness (QED) is 0.754. The summed E-state index contributed by atoms with van der Waals surface area (Å²) in [4.78, 5) is 2.11. The Kier molecular flexibility index (Phi) is 6.54. The highest BCUT2D eigenvalue weighted by Crippen LogP contribution is 2.54. The standard InChI is InChI=1S/C24H27N5O2/c1-4-10-31-20-7-6-16(11-21(20)30-5-2)22-19-13-29(3)9-8-17(19)18(12-25)23(28)24(22,14-26)15-27/h6-8,11,19,22H,4-5,9-10,13,28H2,1-3H3/t19-,22-/m0/s1. The number of ether oxygens (including phenoxy) is 2. The van der Waals surface area contributed by atoms with Crippen molar-refractivity contribution < 1.29 is 9.47 Å². The molecule has 160 valence electrons. The Labute approximate surface area is 183 Å². The number of nitrogens with zero attached hydrogens (tertiary/aromatic N) is 4. The molecule has 7 heteroatoms. The number of allylic oxidation sites excluding steroid dienone is 2. The fraction of sp³-hybridized carbons (Fsp3) is 0.458. The van der Waals surface area contributed by atoms with E-state index in [9.17, 15) is 15.8 Å². The van der Waals surface area contributed by atoms with Gasteiger partial charge in [0.15, 0.2) is 16.9 Å². The van der Waals surface area contributed by atoms with Gasteiger partial charge in [-0.25, -0.2) is 0 Å². The van der Waals surface area contributed by atoms with Crippen molar-refractivity contribution in [2.75, 3.05) is 33.4 Å².